The van der Waals surface area contributed by atoms with Crippen molar-refractivity contribution >= 4 is 17.7 Å². The maximum absolute atomic E-state index is 13.2. The number of carbonyl (C=O) groups is 1. The van der Waals surface area contributed by atoms with E-state index in [9.17, 15) is 44.3 Å². The quantitative estimate of drug-likeness (QED) is 0.310. The first kappa shape index (κ1) is 27.2. The third kappa shape index (κ3) is 6.24. The van der Waals surface area contributed by atoms with Gasteiger partial charge in [-0.15, -0.1) is 5.10 Å². The topological polar surface area (TPSA) is 76.8 Å². The van der Waals surface area contributed by atoms with Crippen LogP contribution in [0, 0.1) is 0 Å². The van der Waals surface area contributed by atoms with Crippen molar-refractivity contribution in [3.63, 3.8) is 0 Å². The first-order valence-corrected chi connectivity index (χ1v) is 10.4. The van der Waals surface area contributed by atoms with E-state index in [1.54, 1.807) is 0 Å². The Morgan fingerprint density at radius 3 is 1.94 bits per heavy atom. The van der Waals surface area contributed by atoms with E-state index in [-0.39, 0.29) is 30.0 Å². The van der Waals surface area contributed by atoms with E-state index in [1.807, 2.05) is 0 Å². The van der Waals surface area contributed by atoms with Crippen LogP contribution in [0.25, 0.3) is 5.95 Å². The predicted octanol–water partition coefficient (Wildman–Crippen LogP) is 5.54. The number of carbonyl (C=O) groups excluding carboxylic acids is 1. The highest BCUT2D eigenvalue weighted by Crippen LogP contribution is 2.38. The zero-order valence-electron chi connectivity index (χ0n) is 17.9. The Hall–Kier alpha value is -3.37. The summed E-state index contributed by atoms with van der Waals surface area (Å²) in [7, 11) is 1.03. The summed E-state index contributed by atoms with van der Waals surface area (Å²) in [6.07, 6.45) is -7.89. The molecule has 194 valence electrons. The molecule has 0 fully saturated rings. The number of rotatable bonds is 5. The number of alkyl halides is 9. The standard InChI is InChI=1S/C19H13F9N6OS/c1-9(13-31-16(36-19(26,27)28)32-34(13)15-29-4-3-5-30-15)33(2)14(35)10-6-11(17(20,21)22)8-12(7-10)18(23,24)25/h3-9H,1-2H3. The molecule has 2 heterocycles. The van der Waals surface area contributed by atoms with Crippen molar-refractivity contribution in [3.8, 4) is 5.95 Å². The Morgan fingerprint density at radius 1 is 0.944 bits per heavy atom. The number of nitrogens with zero attached hydrogens (tertiary/aromatic N) is 6. The third-order valence-corrected chi connectivity index (χ3v) is 5.26. The van der Waals surface area contributed by atoms with Crippen molar-refractivity contribution in [1.29, 1.82) is 0 Å². The molecule has 2 aromatic heterocycles. The van der Waals surface area contributed by atoms with Crippen molar-refractivity contribution in [2.45, 2.75) is 36.0 Å². The smallest absolute Gasteiger partial charge is 0.332 e. The van der Waals surface area contributed by atoms with Gasteiger partial charge in [0.15, 0.2) is 5.82 Å². The number of hydrogen-bond donors (Lipinski definition) is 0. The van der Waals surface area contributed by atoms with Gasteiger partial charge in [-0.25, -0.2) is 15.0 Å². The molecule has 0 spiro atoms. The van der Waals surface area contributed by atoms with E-state index in [4.69, 9.17) is 0 Å². The summed E-state index contributed by atoms with van der Waals surface area (Å²) in [4.78, 5) is 25.1. The molecule has 0 N–H and O–H groups in total. The molecule has 0 bridgehead atoms. The van der Waals surface area contributed by atoms with Crippen molar-refractivity contribution in [2.24, 2.45) is 0 Å². The van der Waals surface area contributed by atoms with Gasteiger partial charge in [0.25, 0.3) is 11.9 Å². The average Bonchev–Trinajstić information content (AvgIpc) is 3.18. The Kier molecular flexibility index (Phi) is 7.25. The van der Waals surface area contributed by atoms with Crippen LogP contribution in [0.3, 0.4) is 0 Å². The number of halogens is 9. The fourth-order valence-corrected chi connectivity index (χ4v) is 3.37. The van der Waals surface area contributed by atoms with E-state index < -0.39 is 63.4 Å². The van der Waals surface area contributed by atoms with E-state index in [0.717, 1.165) is 11.7 Å². The van der Waals surface area contributed by atoms with Crippen molar-refractivity contribution in [2.75, 3.05) is 7.05 Å². The minimum atomic E-state index is -5.19. The number of amides is 1. The molecule has 1 unspecified atom stereocenters. The minimum absolute atomic E-state index is 0.135. The van der Waals surface area contributed by atoms with Crippen LogP contribution in [0.4, 0.5) is 39.5 Å². The van der Waals surface area contributed by atoms with Gasteiger partial charge in [0.05, 0.1) is 17.2 Å². The van der Waals surface area contributed by atoms with Crippen molar-refractivity contribution < 1.29 is 44.3 Å². The molecule has 0 aliphatic heterocycles. The lowest BCUT2D eigenvalue weighted by Crippen LogP contribution is -2.32. The minimum Gasteiger partial charge on any atom is -0.332 e. The normalized spacial score (nSPS) is 13.5. The van der Waals surface area contributed by atoms with Crippen molar-refractivity contribution in [1.82, 2.24) is 29.6 Å². The SMILES string of the molecule is CC(c1nc(SC(F)(F)F)nn1-c1ncccn1)N(C)C(=O)c1cc(C(F)(F)F)cc(C(F)(F)F)c1. The van der Waals surface area contributed by atoms with E-state index >= 15 is 0 Å². The first-order chi connectivity index (χ1) is 16.5. The van der Waals surface area contributed by atoms with E-state index in [0.29, 0.717) is 4.90 Å². The average molecular weight is 544 g/mol. The summed E-state index contributed by atoms with van der Waals surface area (Å²) >= 11 is -0.678. The van der Waals surface area contributed by atoms with Crippen LogP contribution in [0.1, 0.15) is 40.3 Å². The summed E-state index contributed by atoms with van der Waals surface area (Å²) in [6, 6.07) is 0.467. The predicted molar refractivity (Wildman–Crippen MR) is 106 cm³/mol. The summed E-state index contributed by atoms with van der Waals surface area (Å²) < 4.78 is 118. The maximum atomic E-state index is 13.2. The molecule has 0 saturated heterocycles. The van der Waals surface area contributed by atoms with Gasteiger partial charge in [-0.1, -0.05) is 0 Å². The highest BCUT2D eigenvalue weighted by atomic mass is 32.2. The summed E-state index contributed by atoms with van der Waals surface area (Å²) in [5.74, 6) is -1.85. The van der Waals surface area contributed by atoms with Gasteiger partial charge in [0.1, 0.15) is 0 Å². The Labute approximate surface area is 200 Å². The second-order valence-corrected chi connectivity index (χ2v) is 8.18. The lowest BCUT2D eigenvalue weighted by molar-refractivity contribution is -0.143. The van der Waals surface area contributed by atoms with Crippen LogP contribution in [-0.2, 0) is 12.4 Å². The molecule has 3 rings (SSSR count). The van der Waals surface area contributed by atoms with Crippen LogP contribution < -0.4 is 0 Å². The molecule has 1 amide bonds. The van der Waals surface area contributed by atoms with Gasteiger partial charge in [-0.3, -0.25) is 4.79 Å². The van der Waals surface area contributed by atoms with Gasteiger partial charge >= 0.3 is 17.9 Å². The molecule has 1 aromatic carbocycles. The second-order valence-electron chi connectivity index (χ2n) is 7.15. The van der Waals surface area contributed by atoms with Crippen LogP contribution in [0.5, 0.6) is 0 Å². The molecule has 17 heteroatoms. The first-order valence-electron chi connectivity index (χ1n) is 9.54. The molecule has 0 aliphatic rings. The second kappa shape index (κ2) is 9.59. The molecule has 0 radical (unpaired) electrons. The molecular weight excluding hydrogens is 531 g/mol. The molecule has 3 aromatic rings. The number of hydrogen-bond acceptors (Lipinski definition) is 6. The lowest BCUT2D eigenvalue weighted by Gasteiger charge is -2.25. The summed E-state index contributed by atoms with van der Waals surface area (Å²) in [5.41, 5.74) is -9.13. The van der Waals surface area contributed by atoms with Gasteiger partial charge in [-0.2, -0.15) is 44.2 Å². The molecule has 1 atom stereocenters. The third-order valence-electron chi connectivity index (χ3n) is 4.67. The van der Waals surface area contributed by atoms with Gasteiger partial charge in [0.2, 0.25) is 5.16 Å². The highest BCUT2D eigenvalue weighted by Gasteiger charge is 2.39. The Balaban J connectivity index is 2.05. The van der Waals surface area contributed by atoms with E-state index in [1.165, 1.54) is 25.4 Å². The van der Waals surface area contributed by atoms with Crippen LogP contribution in [-0.4, -0.2) is 48.1 Å². The van der Waals surface area contributed by atoms with Crippen LogP contribution >= 0.6 is 11.8 Å². The van der Waals surface area contributed by atoms with E-state index in [2.05, 4.69) is 20.1 Å². The monoisotopic (exact) mass is 544 g/mol. The number of benzene rings is 1. The molecule has 0 saturated carbocycles. The molecule has 7 nitrogen and oxygen atoms in total. The highest BCUT2D eigenvalue weighted by molar-refractivity contribution is 8.00. The molecule has 0 aliphatic carbocycles. The van der Waals surface area contributed by atoms with Gasteiger partial charge in [-0.05, 0) is 31.2 Å². The number of aromatic nitrogens is 5. The summed E-state index contributed by atoms with van der Waals surface area (Å²) in [6.45, 7) is 1.24. The Morgan fingerprint density at radius 2 is 1.47 bits per heavy atom. The van der Waals surface area contributed by atoms with Gasteiger partial charge in [0, 0.05) is 36.8 Å². The Bertz CT molecular complexity index is 1210. The zero-order chi connectivity index (χ0) is 27.1. The fourth-order valence-electron chi connectivity index (χ4n) is 2.90. The van der Waals surface area contributed by atoms with Gasteiger partial charge < -0.3 is 4.90 Å². The largest absolute Gasteiger partial charge is 0.449 e. The maximum Gasteiger partial charge on any atom is 0.449 e. The van der Waals surface area contributed by atoms with Crippen LogP contribution in [0.2, 0.25) is 0 Å². The fraction of sp³-hybridized carbons (Fsp3) is 0.316. The lowest BCUT2D eigenvalue weighted by atomic mass is 10.0. The molecule has 36 heavy (non-hydrogen) atoms. The molecular formula is C19H13F9N6OS. The number of thioether (sulfide) groups is 1. The zero-order valence-corrected chi connectivity index (χ0v) is 18.8. The van der Waals surface area contributed by atoms with Crippen LogP contribution in [0.15, 0.2) is 41.8 Å². The summed E-state index contributed by atoms with van der Waals surface area (Å²) in [5, 5.41) is 2.89. The van der Waals surface area contributed by atoms with Crippen molar-refractivity contribution in [3.05, 3.63) is 59.2 Å².